The third-order valence-electron chi connectivity index (χ3n) is 6.64. The van der Waals surface area contributed by atoms with Crippen molar-refractivity contribution in [2.75, 3.05) is 6.61 Å². The van der Waals surface area contributed by atoms with Gasteiger partial charge in [0.2, 0.25) is 0 Å². The summed E-state index contributed by atoms with van der Waals surface area (Å²) < 4.78 is 6.29. The summed E-state index contributed by atoms with van der Waals surface area (Å²) in [6.45, 7) is 3.81. The number of rotatable bonds is 7. The second-order valence-electron chi connectivity index (χ2n) is 8.76. The summed E-state index contributed by atoms with van der Waals surface area (Å²) in [7, 11) is 0. The van der Waals surface area contributed by atoms with Gasteiger partial charge in [-0.1, -0.05) is 24.3 Å². The van der Waals surface area contributed by atoms with Gasteiger partial charge in [0.1, 0.15) is 0 Å². The van der Waals surface area contributed by atoms with E-state index in [0.717, 1.165) is 37.0 Å². The molecule has 5 rings (SSSR count). The van der Waals surface area contributed by atoms with Crippen LogP contribution in [0, 0.1) is 11.8 Å². The number of hydrogen-bond acceptors (Lipinski definition) is 4. The molecule has 2 unspecified atom stereocenters. The van der Waals surface area contributed by atoms with E-state index in [2.05, 4.69) is 24.4 Å². The standard InChI is InChI=1S/C22H30N2O3/c1-2-27-22-12-18-9-19(13-22)11-21(10-18,15-22)23-14-17-5-3-16(4-6-17)7-8-20(25)24-26/h3-8,18-19,23,26H,2,9-15H2,1H3,(H,24,25)/b8-7+. The van der Waals surface area contributed by atoms with Crippen molar-refractivity contribution in [3.63, 3.8) is 0 Å². The van der Waals surface area contributed by atoms with Gasteiger partial charge >= 0.3 is 0 Å². The first-order valence-corrected chi connectivity index (χ1v) is 10.1. The lowest BCUT2D eigenvalue weighted by Gasteiger charge is -2.62. The molecule has 0 heterocycles. The van der Waals surface area contributed by atoms with Gasteiger partial charge in [-0.05, 0) is 74.5 Å². The number of hydrogen-bond donors (Lipinski definition) is 3. The van der Waals surface area contributed by atoms with Gasteiger partial charge in [0.25, 0.3) is 5.91 Å². The molecule has 0 aliphatic heterocycles. The summed E-state index contributed by atoms with van der Waals surface area (Å²) in [6.07, 6.45) is 10.6. The Morgan fingerprint density at radius 2 is 1.93 bits per heavy atom. The van der Waals surface area contributed by atoms with Crippen LogP contribution >= 0.6 is 0 Å². The fraction of sp³-hybridized carbons (Fsp3) is 0.591. The molecule has 4 aliphatic carbocycles. The molecule has 0 spiro atoms. The summed E-state index contributed by atoms with van der Waals surface area (Å²) in [5.41, 5.74) is 4.14. The predicted molar refractivity (Wildman–Crippen MR) is 104 cm³/mol. The van der Waals surface area contributed by atoms with E-state index < -0.39 is 5.91 Å². The van der Waals surface area contributed by atoms with Gasteiger partial charge in [-0.25, -0.2) is 5.48 Å². The molecular weight excluding hydrogens is 340 g/mol. The van der Waals surface area contributed by atoms with Crippen LogP contribution in [0.4, 0.5) is 0 Å². The van der Waals surface area contributed by atoms with Crippen LogP contribution in [0.2, 0.25) is 0 Å². The minimum atomic E-state index is -0.522. The lowest BCUT2D eigenvalue weighted by atomic mass is 9.51. The van der Waals surface area contributed by atoms with Crippen molar-refractivity contribution in [2.45, 2.75) is 63.1 Å². The zero-order chi connectivity index (χ0) is 18.9. The van der Waals surface area contributed by atoms with Crippen molar-refractivity contribution in [3.05, 3.63) is 41.5 Å². The smallest absolute Gasteiger partial charge is 0.267 e. The van der Waals surface area contributed by atoms with Gasteiger partial charge in [-0.3, -0.25) is 10.0 Å². The molecule has 1 amide bonds. The summed E-state index contributed by atoms with van der Waals surface area (Å²) >= 11 is 0. The molecule has 4 bridgehead atoms. The maximum Gasteiger partial charge on any atom is 0.267 e. The van der Waals surface area contributed by atoms with E-state index in [4.69, 9.17) is 9.94 Å². The number of nitrogens with one attached hydrogen (secondary N) is 2. The molecule has 146 valence electrons. The number of amides is 1. The van der Waals surface area contributed by atoms with Crippen molar-refractivity contribution in [1.29, 1.82) is 0 Å². The average molecular weight is 370 g/mol. The Hall–Kier alpha value is -1.69. The fourth-order valence-electron chi connectivity index (χ4n) is 6.11. The number of carbonyl (C=O) groups is 1. The Balaban J connectivity index is 1.40. The van der Waals surface area contributed by atoms with E-state index in [1.807, 2.05) is 12.1 Å². The minimum absolute atomic E-state index is 0.119. The van der Waals surface area contributed by atoms with Crippen LogP contribution in [-0.4, -0.2) is 28.9 Å². The summed E-state index contributed by atoms with van der Waals surface area (Å²) in [4.78, 5) is 11.1. The Bertz CT molecular complexity index is 699. The van der Waals surface area contributed by atoms with Gasteiger partial charge in [-0.2, -0.15) is 0 Å². The number of hydroxylamine groups is 1. The predicted octanol–water partition coefficient (Wildman–Crippen LogP) is 3.42. The van der Waals surface area contributed by atoms with Crippen molar-refractivity contribution in [2.24, 2.45) is 11.8 Å². The minimum Gasteiger partial charge on any atom is -0.375 e. The third kappa shape index (κ3) is 3.96. The van der Waals surface area contributed by atoms with Crippen LogP contribution in [0.3, 0.4) is 0 Å². The largest absolute Gasteiger partial charge is 0.375 e. The maximum absolute atomic E-state index is 11.1. The topological polar surface area (TPSA) is 70.6 Å². The normalized spacial score (nSPS) is 34.3. The average Bonchev–Trinajstić information content (AvgIpc) is 2.64. The molecule has 3 N–H and O–H groups in total. The maximum atomic E-state index is 11.1. The Kier molecular flexibility index (Phi) is 5.10. The molecule has 4 saturated carbocycles. The Labute approximate surface area is 161 Å². The molecule has 5 nitrogen and oxygen atoms in total. The molecule has 0 radical (unpaired) electrons. The Morgan fingerprint density at radius 3 is 2.56 bits per heavy atom. The number of carbonyl (C=O) groups excluding carboxylic acids is 1. The molecule has 4 fully saturated rings. The molecule has 0 aromatic heterocycles. The first-order chi connectivity index (χ1) is 13.0. The van der Waals surface area contributed by atoms with Crippen LogP contribution in [0.5, 0.6) is 0 Å². The van der Waals surface area contributed by atoms with Gasteiger partial charge in [0, 0.05) is 24.8 Å². The van der Waals surface area contributed by atoms with E-state index in [1.165, 1.54) is 43.7 Å². The van der Waals surface area contributed by atoms with Crippen LogP contribution < -0.4 is 10.8 Å². The quantitative estimate of drug-likeness (QED) is 0.391. The molecule has 1 aromatic rings. The number of benzene rings is 1. The summed E-state index contributed by atoms with van der Waals surface area (Å²) in [5.74, 6) is 1.11. The van der Waals surface area contributed by atoms with E-state index >= 15 is 0 Å². The van der Waals surface area contributed by atoms with E-state index in [9.17, 15) is 4.79 Å². The SMILES string of the molecule is CCOC12CC3CC(CC(NCc4ccc(/C=C/C(=O)NO)cc4)(C3)C1)C2. The second-order valence-corrected chi connectivity index (χ2v) is 8.76. The monoisotopic (exact) mass is 370 g/mol. The lowest BCUT2D eigenvalue weighted by Crippen LogP contribution is -2.65. The highest BCUT2D eigenvalue weighted by molar-refractivity contribution is 5.90. The van der Waals surface area contributed by atoms with Crippen molar-refractivity contribution < 1.29 is 14.7 Å². The molecule has 2 atom stereocenters. The van der Waals surface area contributed by atoms with Crippen LogP contribution in [0.1, 0.15) is 56.6 Å². The highest BCUT2D eigenvalue weighted by atomic mass is 16.5. The van der Waals surface area contributed by atoms with Gasteiger partial charge in [0.05, 0.1) is 5.60 Å². The molecule has 4 aliphatic rings. The zero-order valence-electron chi connectivity index (χ0n) is 16.0. The Morgan fingerprint density at radius 1 is 1.22 bits per heavy atom. The summed E-state index contributed by atoms with van der Waals surface area (Å²) in [6, 6.07) is 8.20. The van der Waals surface area contributed by atoms with Crippen molar-refractivity contribution in [1.82, 2.24) is 10.8 Å². The molecular formula is C22H30N2O3. The van der Waals surface area contributed by atoms with Crippen LogP contribution in [0.25, 0.3) is 6.08 Å². The van der Waals surface area contributed by atoms with E-state index in [0.29, 0.717) is 0 Å². The van der Waals surface area contributed by atoms with Crippen LogP contribution in [-0.2, 0) is 16.1 Å². The first kappa shape index (κ1) is 18.7. The van der Waals surface area contributed by atoms with Crippen molar-refractivity contribution >= 4 is 12.0 Å². The fourth-order valence-corrected chi connectivity index (χ4v) is 6.11. The van der Waals surface area contributed by atoms with Crippen LogP contribution in [0.15, 0.2) is 30.3 Å². The first-order valence-electron chi connectivity index (χ1n) is 10.1. The van der Waals surface area contributed by atoms with Gasteiger partial charge < -0.3 is 10.1 Å². The van der Waals surface area contributed by atoms with Gasteiger partial charge in [-0.15, -0.1) is 0 Å². The number of ether oxygens (including phenoxy) is 1. The molecule has 0 saturated heterocycles. The molecule has 27 heavy (non-hydrogen) atoms. The zero-order valence-corrected chi connectivity index (χ0v) is 16.0. The van der Waals surface area contributed by atoms with Crippen molar-refractivity contribution in [3.8, 4) is 0 Å². The molecule has 1 aromatic carbocycles. The highest BCUT2D eigenvalue weighted by Gasteiger charge is 2.58. The van der Waals surface area contributed by atoms with Gasteiger partial charge in [0.15, 0.2) is 0 Å². The second kappa shape index (κ2) is 7.38. The summed E-state index contributed by atoms with van der Waals surface area (Å²) in [5, 5.41) is 12.4. The molecule has 5 heteroatoms. The highest BCUT2D eigenvalue weighted by Crippen LogP contribution is 2.58. The van der Waals surface area contributed by atoms with E-state index in [1.54, 1.807) is 11.6 Å². The lowest BCUT2D eigenvalue weighted by molar-refractivity contribution is -0.173. The third-order valence-corrected chi connectivity index (χ3v) is 6.64. The van der Waals surface area contributed by atoms with E-state index in [-0.39, 0.29) is 11.1 Å².